The van der Waals surface area contributed by atoms with Crippen LogP contribution >= 0.6 is 0 Å². The summed E-state index contributed by atoms with van der Waals surface area (Å²) < 4.78 is 6.83. The third-order valence-electron chi connectivity index (χ3n) is 2.41. The number of hydrogen-bond donors (Lipinski definition) is 0. The molecule has 2 heterocycles. The standard InChI is InChI=1S/C12H14N2O2/c1-3-16-12(15)8-11-13-9(2)10-6-4-5-7-14(10)11/h4-7H,3,8H2,1-2H3. The van der Waals surface area contributed by atoms with Crippen LogP contribution in [0.1, 0.15) is 18.4 Å². The number of carbonyl (C=O) groups excluding carboxylic acids is 1. The summed E-state index contributed by atoms with van der Waals surface area (Å²) >= 11 is 0. The van der Waals surface area contributed by atoms with Crippen molar-refractivity contribution in [3.63, 3.8) is 0 Å². The number of fused-ring (bicyclic) bond motifs is 1. The number of esters is 1. The van der Waals surface area contributed by atoms with Gasteiger partial charge in [0.05, 0.1) is 17.8 Å². The highest BCUT2D eigenvalue weighted by atomic mass is 16.5. The van der Waals surface area contributed by atoms with E-state index in [1.165, 1.54) is 0 Å². The molecular formula is C12H14N2O2. The topological polar surface area (TPSA) is 43.6 Å². The molecule has 0 N–H and O–H groups in total. The van der Waals surface area contributed by atoms with Crippen LogP contribution < -0.4 is 0 Å². The molecule has 0 aliphatic carbocycles. The average molecular weight is 218 g/mol. The van der Waals surface area contributed by atoms with Crippen LogP contribution in [0.25, 0.3) is 5.52 Å². The van der Waals surface area contributed by atoms with Crippen molar-refractivity contribution in [1.29, 1.82) is 0 Å². The van der Waals surface area contributed by atoms with Crippen molar-refractivity contribution < 1.29 is 9.53 Å². The number of rotatable bonds is 3. The highest BCUT2D eigenvalue weighted by Crippen LogP contribution is 2.12. The van der Waals surface area contributed by atoms with Crippen molar-refractivity contribution in [3.8, 4) is 0 Å². The molecule has 16 heavy (non-hydrogen) atoms. The minimum Gasteiger partial charge on any atom is -0.466 e. The van der Waals surface area contributed by atoms with E-state index in [4.69, 9.17) is 4.74 Å². The van der Waals surface area contributed by atoms with Gasteiger partial charge in [-0.25, -0.2) is 4.98 Å². The minimum atomic E-state index is -0.238. The van der Waals surface area contributed by atoms with Crippen LogP contribution in [0.4, 0.5) is 0 Å². The molecule has 84 valence electrons. The van der Waals surface area contributed by atoms with Crippen LogP contribution in [0.3, 0.4) is 0 Å². The van der Waals surface area contributed by atoms with Gasteiger partial charge in [-0.05, 0) is 26.0 Å². The summed E-state index contributed by atoms with van der Waals surface area (Å²) in [6.07, 6.45) is 2.12. The Morgan fingerprint density at radius 2 is 2.31 bits per heavy atom. The monoisotopic (exact) mass is 218 g/mol. The number of pyridine rings is 1. The van der Waals surface area contributed by atoms with Crippen molar-refractivity contribution in [2.75, 3.05) is 6.61 Å². The van der Waals surface area contributed by atoms with E-state index in [-0.39, 0.29) is 12.4 Å². The minimum absolute atomic E-state index is 0.215. The summed E-state index contributed by atoms with van der Waals surface area (Å²) in [5, 5.41) is 0. The van der Waals surface area contributed by atoms with Gasteiger partial charge >= 0.3 is 5.97 Å². The zero-order chi connectivity index (χ0) is 11.5. The van der Waals surface area contributed by atoms with Gasteiger partial charge in [-0.15, -0.1) is 0 Å². The molecule has 2 rings (SSSR count). The van der Waals surface area contributed by atoms with E-state index in [0.717, 1.165) is 17.0 Å². The molecule has 0 aliphatic heterocycles. The number of imidazole rings is 1. The Kier molecular flexibility index (Phi) is 2.90. The second-order valence-corrected chi connectivity index (χ2v) is 3.55. The maximum atomic E-state index is 11.4. The Morgan fingerprint density at radius 1 is 1.50 bits per heavy atom. The zero-order valence-electron chi connectivity index (χ0n) is 9.43. The number of ether oxygens (including phenoxy) is 1. The molecule has 0 saturated heterocycles. The fourth-order valence-electron chi connectivity index (χ4n) is 1.73. The van der Waals surface area contributed by atoms with E-state index < -0.39 is 0 Å². The van der Waals surface area contributed by atoms with Crippen LogP contribution in [0.5, 0.6) is 0 Å². The molecule has 4 heteroatoms. The molecule has 0 unspecified atom stereocenters. The lowest BCUT2D eigenvalue weighted by Gasteiger charge is -2.01. The molecule has 0 radical (unpaired) electrons. The van der Waals surface area contributed by atoms with E-state index >= 15 is 0 Å². The van der Waals surface area contributed by atoms with E-state index in [1.807, 2.05) is 35.7 Å². The van der Waals surface area contributed by atoms with Gasteiger partial charge in [0.1, 0.15) is 12.2 Å². The SMILES string of the molecule is CCOC(=O)Cc1nc(C)c2ccccn12. The predicted molar refractivity (Wildman–Crippen MR) is 60.3 cm³/mol. The molecule has 0 aliphatic rings. The lowest BCUT2D eigenvalue weighted by molar-refractivity contribution is -0.142. The Balaban J connectivity index is 2.34. The quantitative estimate of drug-likeness (QED) is 0.737. The van der Waals surface area contributed by atoms with Gasteiger partial charge in [-0.3, -0.25) is 4.79 Å². The fourth-order valence-corrected chi connectivity index (χ4v) is 1.73. The van der Waals surface area contributed by atoms with Gasteiger partial charge in [0.2, 0.25) is 0 Å². The fraction of sp³-hybridized carbons (Fsp3) is 0.333. The predicted octanol–water partition coefficient (Wildman–Crippen LogP) is 1.75. The van der Waals surface area contributed by atoms with Crippen molar-refractivity contribution >= 4 is 11.5 Å². The average Bonchev–Trinajstić information content (AvgIpc) is 2.57. The molecule has 0 fully saturated rings. The van der Waals surface area contributed by atoms with E-state index in [2.05, 4.69) is 4.98 Å². The number of aryl methyl sites for hydroxylation is 1. The van der Waals surface area contributed by atoms with Crippen molar-refractivity contribution in [2.45, 2.75) is 20.3 Å². The third kappa shape index (κ3) is 1.91. The first kappa shape index (κ1) is 10.7. The molecule has 0 bridgehead atoms. The first-order chi connectivity index (χ1) is 7.72. The Bertz CT molecular complexity index is 517. The summed E-state index contributed by atoms with van der Waals surface area (Å²) in [4.78, 5) is 15.8. The summed E-state index contributed by atoms with van der Waals surface area (Å²) in [7, 11) is 0. The van der Waals surface area contributed by atoms with Crippen molar-refractivity contribution in [1.82, 2.24) is 9.38 Å². The summed E-state index contributed by atoms with van der Waals surface area (Å²) in [6.45, 7) is 4.14. The van der Waals surface area contributed by atoms with Crippen molar-refractivity contribution in [3.05, 3.63) is 35.9 Å². The second kappa shape index (κ2) is 4.35. The van der Waals surface area contributed by atoms with Gasteiger partial charge in [-0.2, -0.15) is 0 Å². The summed E-state index contributed by atoms with van der Waals surface area (Å²) in [6, 6.07) is 5.86. The normalized spacial score (nSPS) is 10.6. The number of nitrogens with zero attached hydrogens (tertiary/aromatic N) is 2. The maximum absolute atomic E-state index is 11.4. The lowest BCUT2D eigenvalue weighted by Crippen LogP contribution is -2.10. The van der Waals surface area contributed by atoms with Crippen LogP contribution in [0.15, 0.2) is 24.4 Å². The Morgan fingerprint density at radius 3 is 3.06 bits per heavy atom. The molecular weight excluding hydrogens is 204 g/mol. The van der Waals surface area contributed by atoms with Gasteiger partial charge < -0.3 is 9.14 Å². The van der Waals surface area contributed by atoms with Crippen LogP contribution in [0, 0.1) is 6.92 Å². The lowest BCUT2D eigenvalue weighted by atomic mass is 10.3. The van der Waals surface area contributed by atoms with Gasteiger partial charge in [0.25, 0.3) is 0 Å². The first-order valence-corrected chi connectivity index (χ1v) is 5.30. The van der Waals surface area contributed by atoms with Crippen LogP contribution in [-0.2, 0) is 16.0 Å². The number of hydrogen-bond acceptors (Lipinski definition) is 3. The van der Waals surface area contributed by atoms with Crippen molar-refractivity contribution in [2.24, 2.45) is 0 Å². The summed E-state index contributed by atoms with van der Waals surface area (Å²) in [5.41, 5.74) is 1.96. The van der Waals surface area contributed by atoms with E-state index in [1.54, 1.807) is 6.92 Å². The number of aromatic nitrogens is 2. The summed E-state index contributed by atoms with van der Waals surface area (Å²) in [5.74, 6) is 0.491. The molecule has 2 aromatic heterocycles. The van der Waals surface area contributed by atoms with Crippen LogP contribution in [0.2, 0.25) is 0 Å². The third-order valence-corrected chi connectivity index (χ3v) is 2.41. The Labute approximate surface area is 93.9 Å². The molecule has 0 saturated carbocycles. The molecule has 0 atom stereocenters. The molecule has 2 aromatic rings. The highest BCUT2D eigenvalue weighted by Gasteiger charge is 2.11. The van der Waals surface area contributed by atoms with E-state index in [0.29, 0.717) is 6.61 Å². The molecule has 0 aromatic carbocycles. The van der Waals surface area contributed by atoms with Crippen LogP contribution in [-0.4, -0.2) is 22.0 Å². The number of carbonyl (C=O) groups is 1. The molecule has 0 amide bonds. The Hall–Kier alpha value is -1.84. The molecule has 4 nitrogen and oxygen atoms in total. The first-order valence-electron chi connectivity index (χ1n) is 5.30. The van der Waals surface area contributed by atoms with Gasteiger partial charge in [0.15, 0.2) is 0 Å². The zero-order valence-corrected chi connectivity index (χ0v) is 9.43. The van der Waals surface area contributed by atoms with Gasteiger partial charge in [-0.1, -0.05) is 6.07 Å². The maximum Gasteiger partial charge on any atom is 0.313 e. The highest BCUT2D eigenvalue weighted by molar-refractivity contribution is 5.72. The van der Waals surface area contributed by atoms with E-state index in [9.17, 15) is 4.79 Å². The second-order valence-electron chi connectivity index (χ2n) is 3.55. The smallest absolute Gasteiger partial charge is 0.313 e. The molecule has 0 spiro atoms. The van der Waals surface area contributed by atoms with Gasteiger partial charge in [0, 0.05) is 6.20 Å². The largest absolute Gasteiger partial charge is 0.466 e.